The van der Waals surface area contributed by atoms with Gasteiger partial charge >= 0.3 is 6.18 Å². The summed E-state index contributed by atoms with van der Waals surface area (Å²) in [4.78, 5) is 28.7. The van der Waals surface area contributed by atoms with Crippen LogP contribution in [-0.2, 0) is 12.7 Å². The number of hydrogen-bond acceptors (Lipinski definition) is 6. The Morgan fingerprint density at radius 2 is 1.81 bits per heavy atom. The lowest BCUT2D eigenvalue weighted by molar-refractivity contribution is -0.137. The van der Waals surface area contributed by atoms with Crippen molar-refractivity contribution in [2.24, 2.45) is 5.10 Å². The van der Waals surface area contributed by atoms with E-state index in [0.717, 1.165) is 62.0 Å². The van der Waals surface area contributed by atoms with E-state index in [4.69, 9.17) is 11.6 Å². The molecule has 1 fully saturated rings. The Kier molecular flexibility index (Phi) is 9.05. The Morgan fingerprint density at radius 1 is 1.00 bits per heavy atom. The molecule has 1 aromatic heterocycles. The molecule has 0 saturated carbocycles. The van der Waals surface area contributed by atoms with Crippen molar-refractivity contribution in [1.82, 2.24) is 20.4 Å². The zero-order chi connectivity index (χ0) is 30.4. The number of nitrogens with zero attached hydrogens (tertiary/aromatic N) is 5. The summed E-state index contributed by atoms with van der Waals surface area (Å²) in [5, 5.41) is 14.0. The minimum atomic E-state index is -4.64. The quantitative estimate of drug-likeness (QED) is 0.188. The molecular formula is C30H27ClF3N7O2. The molecule has 9 nitrogen and oxygen atoms in total. The van der Waals surface area contributed by atoms with Crippen molar-refractivity contribution in [2.75, 3.05) is 23.3 Å². The Labute approximate surface area is 250 Å². The number of aromatic nitrogens is 3. The molecule has 1 aliphatic heterocycles. The summed E-state index contributed by atoms with van der Waals surface area (Å²) in [5.74, 6) is -1.07. The number of hydrogen-bond donors (Lipinski definition) is 2. The molecule has 1 saturated heterocycles. The third-order valence-electron chi connectivity index (χ3n) is 6.90. The molecule has 5 rings (SSSR count). The Morgan fingerprint density at radius 3 is 2.56 bits per heavy atom. The molecule has 2 amide bonds. The van der Waals surface area contributed by atoms with Crippen molar-refractivity contribution in [1.29, 1.82) is 0 Å². The van der Waals surface area contributed by atoms with Gasteiger partial charge in [-0.2, -0.15) is 18.3 Å². The van der Waals surface area contributed by atoms with E-state index >= 15 is 0 Å². The first-order chi connectivity index (χ1) is 20.7. The highest BCUT2D eigenvalue weighted by atomic mass is 35.5. The van der Waals surface area contributed by atoms with Gasteiger partial charge in [-0.05, 0) is 72.9 Å². The highest BCUT2D eigenvalue weighted by Crippen LogP contribution is 2.35. The Bertz CT molecular complexity index is 1640. The monoisotopic (exact) mass is 609 g/mol. The minimum absolute atomic E-state index is 0.0957. The minimum Gasteiger partial charge on any atom is -0.372 e. The number of anilines is 2. The molecule has 2 heterocycles. The number of benzene rings is 3. The summed E-state index contributed by atoms with van der Waals surface area (Å²) in [5.41, 5.74) is 3.90. The summed E-state index contributed by atoms with van der Waals surface area (Å²) in [7, 11) is 0. The lowest BCUT2D eigenvalue weighted by Gasteiger charge is -2.29. The third kappa shape index (κ3) is 7.58. The van der Waals surface area contributed by atoms with Gasteiger partial charge in [0.1, 0.15) is 0 Å². The normalized spacial score (nSPS) is 13.7. The topological polar surface area (TPSA) is 105 Å². The zero-order valence-corrected chi connectivity index (χ0v) is 23.6. The number of rotatable bonds is 8. The van der Waals surface area contributed by atoms with E-state index in [1.165, 1.54) is 6.07 Å². The van der Waals surface area contributed by atoms with Crippen molar-refractivity contribution >= 4 is 41.0 Å². The molecule has 13 heteroatoms. The molecule has 222 valence electrons. The van der Waals surface area contributed by atoms with Gasteiger partial charge in [0.05, 0.1) is 40.8 Å². The van der Waals surface area contributed by atoms with Gasteiger partial charge in [-0.25, -0.2) is 10.1 Å². The Balaban J connectivity index is 1.37. The van der Waals surface area contributed by atoms with E-state index in [1.54, 1.807) is 47.4 Å². The molecule has 0 spiro atoms. The van der Waals surface area contributed by atoms with Crippen molar-refractivity contribution in [3.63, 3.8) is 0 Å². The number of carbonyl (C=O) groups excluding carboxylic acids is 2. The summed E-state index contributed by atoms with van der Waals surface area (Å²) in [6.45, 7) is 2.10. The van der Waals surface area contributed by atoms with Crippen LogP contribution in [0.2, 0.25) is 5.02 Å². The summed E-state index contributed by atoms with van der Waals surface area (Å²) >= 11 is 5.69. The fraction of sp³-hybridized carbons (Fsp3) is 0.233. The summed E-state index contributed by atoms with van der Waals surface area (Å²) < 4.78 is 41.3. The number of hydrazone groups is 1. The van der Waals surface area contributed by atoms with E-state index in [2.05, 4.69) is 31.1 Å². The van der Waals surface area contributed by atoms with E-state index in [1.807, 2.05) is 12.1 Å². The van der Waals surface area contributed by atoms with Crippen LogP contribution in [0.5, 0.6) is 0 Å². The first kappa shape index (κ1) is 29.8. The van der Waals surface area contributed by atoms with Gasteiger partial charge in [0, 0.05) is 30.5 Å². The average Bonchev–Trinajstić information content (AvgIpc) is 3.51. The smallest absolute Gasteiger partial charge is 0.372 e. The van der Waals surface area contributed by atoms with E-state index in [0.29, 0.717) is 12.1 Å². The number of carbonyl (C=O) groups is 2. The fourth-order valence-electron chi connectivity index (χ4n) is 4.75. The van der Waals surface area contributed by atoms with Gasteiger partial charge in [0.25, 0.3) is 11.8 Å². The molecule has 0 unspecified atom stereocenters. The van der Waals surface area contributed by atoms with Crippen LogP contribution in [0.1, 0.15) is 56.7 Å². The fourth-order valence-corrected chi connectivity index (χ4v) is 4.98. The van der Waals surface area contributed by atoms with Crippen LogP contribution in [0.25, 0.3) is 0 Å². The third-order valence-corrected chi connectivity index (χ3v) is 7.23. The largest absolute Gasteiger partial charge is 0.417 e. The maximum Gasteiger partial charge on any atom is 0.417 e. The van der Waals surface area contributed by atoms with Crippen LogP contribution in [0.3, 0.4) is 0 Å². The molecule has 3 aromatic carbocycles. The molecule has 0 atom stereocenters. The standard InChI is InChI=1S/C30H27ClF3N7O2/c31-26-9-7-20(16-25(26)30(32,33)34)18-36-38-29(43)24-17-23(40-12-2-1-3-13-40)8-10-27(24)37-28(42)22-6-4-5-21(15-22)19-41-14-11-35-39-41/h4-11,14-18H,1-3,12-13,19H2,(H,37,42)(H,38,43). The number of halogens is 4. The second-order valence-electron chi connectivity index (χ2n) is 9.97. The second-order valence-corrected chi connectivity index (χ2v) is 10.4. The Hall–Kier alpha value is -4.71. The predicted molar refractivity (Wildman–Crippen MR) is 158 cm³/mol. The lowest BCUT2D eigenvalue weighted by Crippen LogP contribution is -2.30. The van der Waals surface area contributed by atoms with Crippen LogP contribution in [0.15, 0.2) is 78.2 Å². The SMILES string of the molecule is O=C(Nc1ccc(N2CCCCC2)cc1C(=O)NN=Cc1ccc(Cl)c(C(F)(F)F)c1)c1cccc(Cn2ccnn2)c1. The van der Waals surface area contributed by atoms with Crippen molar-refractivity contribution in [2.45, 2.75) is 32.0 Å². The number of piperidine rings is 1. The highest BCUT2D eigenvalue weighted by Gasteiger charge is 2.33. The van der Waals surface area contributed by atoms with Gasteiger partial charge in [-0.15, -0.1) is 5.10 Å². The van der Waals surface area contributed by atoms with Gasteiger partial charge in [0.2, 0.25) is 0 Å². The number of alkyl halides is 3. The van der Waals surface area contributed by atoms with E-state index in [9.17, 15) is 22.8 Å². The van der Waals surface area contributed by atoms with Gasteiger partial charge < -0.3 is 10.2 Å². The molecule has 43 heavy (non-hydrogen) atoms. The summed E-state index contributed by atoms with van der Waals surface area (Å²) in [6.07, 6.45) is 2.91. The van der Waals surface area contributed by atoms with Crippen molar-refractivity contribution in [3.05, 3.63) is 106 Å². The van der Waals surface area contributed by atoms with Gasteiger partial charge in [-0.3, -0.25) is 9.59 Å². The van der Waals surface area contributed by atoms with E-state index in [-0.39, 0.29) is 16.8 Å². The maximum absolute atomic E-state index is 13.3. The number of nitrogens with one attached hydrogen (secondary N) is 2. The van der Waals surface area contributed by atoms with E-state index < -0.39 is 28.6 Å². The van der Waals surface area contributed by atoms with Crippen molar-refractivity contribution in [3.8, 4) is 0 Å². The molecule has 4 aromatic rings. The molecule has 0 bridgehead atoms. The molecule has 0 radical (unpaired) electrons. The highest BCUT2D eigenvalue weighted by molar-refractivity contribution is 6.31. The first-order valence-corrected chi connectivity index (χ1v) is 13.9. The van der Waals surface area contributed by atoms with Crippen LogP contribution in [0.4, 0.5) is 24.5 Å². The molecular weight excluding hydrogens is 583 g/mol. The average molecular weight is 610 g/mol. The van der Waals surface area contributed by atoms with Crippen LogP contribution in [-0.4, -0.2) is 46.1 Å². The second kappa shape index (κ2) is 13.1. The molecule has 0 aliphatic carbocycles. The molecule has 2 N–H and O–H groups in total. The van der Waals surface area contributed by atoms with Gasteiger partial charge in [0.15, 0.2) is 0 Å². The predicted octanol–water partition coefficient (Wildman–Crippen LogP) is 6.01. The lowest BCUT2D eigenvalue weighted by atomic mass is 10.1. The van der Waals surface area contributed by atoms with Crippen LogP contribution >= 0.6 is 11.6 Å². The number of amides is 2. The van der Waals surface area contributed by atoms with Gasteiger partial charge in [-0.1, -0.05) is 35.0 Å². The van der Waals surface area contributed by atoms with Crippen molar-refractivity contribution < 1.29 is 22.8 Å². The zero-order valence-electron chi connectivity index (χ0n) is 22.8. The molecule has 1 aliphatic rings. The maximum atomic E-state index is 13.3. The van der Waals surface area contributed by atoms with Crippen LogP contribution < -0.4 is 15.6 Å². The summed E-state index contributed by atoms with van der Waals surface area (Å²) in [6, 6.07) is 15.5. The first-order valence-electron chi connectivity index (χ1n) is 13.5. The van der Waals surface area contributed by atoms with Crippen LogP contribution in [0, 0.1) is 0 Å².